The predicted molar refractivity (Wildman–Crippen MR) is 75.8 cm³/mol. The molecular weight excluding hydrogens is 242 g/mol. The number of nitrogens with zero attached hydrogens (tertiary/aromatic N) is 1. The van der Waals surface area contributed by atoms with Crippen LogP contribution in [0.2, 0.25) is 0 Å². The number of carbonyl (C=O) groups excluding carboxylic acids is 1. The number of nitrogens with one attached hydrogen (secondary N) is 2. The number of pyridine rings is 1. The summed E-state index contributed by atoms with van der Waals surface area (Å²) in [7, 11) is 0. The van der Waals surface area contributed by atoms with E-state index in [0.717, 1.165) is 11.3 Å². The first-order valence-corrected chi connectivity index (χ1v) is 6.17. The molecule has 0 spiro atoms. The third-order valence-electron chi connectivity index (χ3n) is 2.29. The zero-order valence-corrected chi connectivity index (χ0v) is 12.1. The van der Waals surface area contributed by atoms with Crippen molar-refractivity contribution in [3.63, 3.8) is 0 Å². The van der Waals surface area contributed by atoms with Crippen LogP contribution in [-0.2, 0) is 9.53 Å². The predicted octanol–water partition coefficient (Wildman–Crippen LogP) is 2.53. The summed E-state index contributed by atoms with van der Waals surface area (Å²) in [5, 5.41) is 10.7. The molecule has 0 aliphatic rings. The molecule has 0 amide bonds. The van der Waals surface area contributed by atoms with Gasteiger partial charge in [-0.15, -0.1) is 0 Å². The number of aromatic nitrogens is 1. The van der Waals surface area contributed by atoms with E-state index in [4.69, 9.17) is 10.1 Å². The number of anilines is 1. The number of hydrogen-bond donors (Lipinski definition) is 2. The van der Waals surface area contributed by atoms with Crippen LogP contribution < -0.4 is 5.32 Å². The van der Waals surface area contributed by atoms with E-state index in [-0.39, 0.29) is 12.5 Å². The van der Waals surface area contributed by atoms with E-state index >= 15 is 0 Å². The minimum Gasteiger partial charge on any atom is -0.459 e. The lowest BCUT2D eigenvalue weighted by Crippen LogP contribution is -2.28. The van der Waals surface area contributed by atoms with Crippen molar-refractivity contribution in [3.8, 4) is 0 Å². The highest BCUT2D eigenvalue weighted by Gasteiger charge is 2.16. The van der Waals surface area contributed by atoms with Gasteiger partial charge in [0, 0.05) is 17.0 Å². The zero-order chi connectivity index (χ0) is 14.6. The third kappa shape index (κ3) is 5.07. The summed E-state index contributed by atoms with van der Waals surface area (Å²) in [6, 6.07) is 1.82. The smallest absolute Gasteiger partial charge is 0.325 e. The zero-order valence-electron chi connectivity index (χ0n) is 12.1. The number of rotatable bonds is 4. The first-order chi connectivity index (χ1) is 8.69. The van der Waals surface area contributed by atoms with Crippen molar-refractivity contribution in [2.75, 3.05) is 11.9 Å². The van der Waals surface area contributed by atoms with Crippen molar-refractivity contribution >= 4 is 17.4 Å². The van der Waals surface area contributed by atoms with E-state index in [1.165, 1.54) is 0 Å². The highest BCUT2D eigenvalue weighted by molar-refractivity contribution is 6.01. The third-order valence-corrected chi connectivity index (χ3v) is 2.29. The molecule has 0 aromatic carbocycles. The number of aryl methyl sites for hydroxylation is 1. The number of carbonyl (C=O) groups is 1. The number of esters is 1. The molecule has 19 heavy (non-hydrogen) atoms. The van der Waals surface area contributed by atoms with E-state index < -0.39 is 5.60 Å². The Balaban J connectivity index is 2.73. The molecule has 0 saturated heterocycles. The van der Waals surface area contributed by atoms with E-state index in [9.17, 15) is 4.79 Å². The lowest BCUT2D eigenvalue weighted by atomic mass is 10.1. The highest BCUT2D eigenvalue weighted by Crippen LogP contribution is 2.16. The van der Waals surface area contributed by atoms with Gasteiger partial charge in [-0.3, -0.25) is 9.78 Å². The number of ether oxygens (including phenoxy) is 1. The summed E-state index contributed by atoms with van der Waals surface area (Å²) in [6.45, 7) is 9.10. The molecule has 2 N–H and O–H groups in total. The molecule has 0 atom stereocenters. The number of hydrogen-bond acceptors (Lipinski definition) is 5. The molecule has 0 radical (unpaired) electrons. The minimum absolute atomic E-state index is 0.0578. The molecule has 5 heteroatoms. The average molecular weight is 263 g/mol. The van der Waals surface area contributed by atoms with Crippen LogP contribution in [0.25, 0.3) is 0 Å². The second-order valence-corrected chi connectivity index (χ2v) is 5.44. The second kappa shape index (κ2) is 5.82. The summed E-state index contributed by atoms with van der Waals surface area (Å²) in [6.07, 6.45) is 1.63. The van der Waals surface area contributed by atoms with E-state index in [1.807, 2.05) is 33.8 Å². The maximum absolute atomic E-state index is 11.6. The molecule has 1 aromatic heterocycles. The highest BCUT2D eigenvalue weighted by atomic mass is 16.6. The molecule has 0 unspecified atom stereocenters. The molecule has 0 aliphatic carbocycles. The van der Waals surface area contributed by atoms with Gasteiger partial charge in [-0.05, 0) is 40.7 Å². The van der Waals surface area contributed by atoms with Crippen LogP contribution in [0, 0.1) is 12.3 Å². The maximum atomic E-state index is 11.6. The Hall–Kier alpha value is -1.91. The van der Waals surface area contributed by atoms with Crippen molar-refractivity contribution in [1.29, 1.82) is 5.41 Å². The van der Waals surface area contributed by atoms with E-state index in [1.54, 1.807) is 13.1 Å². The van der Waals surface area contributed by atoms with E-state index in [0.29, 0.717) is 11.4 Å². The van der Waals surface area contributed by atoms with Crippen LogP contribution in [0.1, 0.15) is 39.0 Å². The molecule has 0 fully saturated rings. The van der Waals surface area contributed by atoms with Gasteiger partial charge in [0.15, 0.2) is 0 Å². The monoisotopic (exact) mass is 263 g/mol. The Morgan fingerprint density at radius 3 is 2.63 bits per heavy atom. The second-order valence-electron chi connectivity index (χ2n) is 5.44. The molecular formula is C14H21N3O2. The Bertz CT molecular complexity index is 490. The van der Waals surface area contributed by atoms with Crippen LogP contribution in [0.3, 0.4) is 0 Å². The first kappa shape index (κ1) is 15.1. The fourth-order valence-electron chi connectivity index (χ4n) is 1.56. The van der Waals surface area contributed by atoms with Crippen LogP contribution >= 0.6 is 0 Å². The Labute approximate surface area is 113 Å². The maximum Gasteiger partial charge on any atom is 0.325 e. The fraction of sp³-hybridized carbons (Fsp3) is 0.500. The summed E-state index contributed by atoms with van der Waals surface area (Å²) in [5.41, 5.74) is 2.19. The average Bonchev–Trinajstić information content (AvgIpc) is 2.24. The SMILES string of the molecule is CC(=N)c1cc(C)ncc1NCC(=O)OC(C)(C)C. The van der Waals surface area contributed by atoms with Gasteiger partial charge in [0.05, 0.1) is 11.9 Å². The van der Waals surface area contributed by atoms with Gasteiger partial charge in [-0.1, -0.05) is 0 Å². The van der Waals surface area contributed by atoms with Crippen LogP contribution in [0.4, 0.5) is 5.69 Å². The topological polar surface area (TPSA) is 75.1 Å². The lowest BCUT2D eigenvalue weighted by Gasteiger charge is -2.20. The summed E-state index contributed by atoms with van der Waals surface area (Å²) >= 11 is 0. The lowest BCUT2D eigenvalue weighted by molar-refractivity contribution is -0.152. The molecule has 0 bridgehead atoms. The minimum atomic E-state index is -0.495. The van der Waals surface area contributed by atoms with Crippen molar-refractivity contribution in [1.82, 2.24) is 4.98 Å². The van der Waals surface area contributed by atoms with E-state index in [2.05, 4.69) is 10.3 Å². The van der Waals surface area contributed by atoms with Gasteiger partial charge in [-0.25, -0.2) is 0 Å². The van der Waals surface area contributed by atoms with Crippen LogP contribution in [0.5, 0.6) is 0 Å². The van der Waals surface area contributed by atoms with Crippen LogP contribution in [0.15, 0.2) is 12.3 Å². The standard InChI is InChI=1S/C14H21N3O2/c1-9-6-11(10(2)15)12(7-16-9)17-8-13(18)19-14(3,4)5/h6-7,15,17H,8H2,1-5H3. The Morgan fingerprint density at radius 1 is 1.47 bits per heavy atom. The van der Waals surface area contributed by atoms with Crippen molar-refractivity contribution < 1.29 is 9.53 Å². The molecule has 1 heterocycles. The Morgan fingerprint density at radius 2 is 2.11 bits per heavy atom. The fourth-order valence-corrected chi connectivity index (χ4v) is 1.56. The summed E-state index contributed by atoms with van der Waals surface area (Å²) in [4.78, 5) is 15.8. The molecule has 104 valence electrons. The molecule has 0 aliphatic heterocycles. The van der Waals surface area contributed by atoms with Crippen molar-refractivity contribution in [2.24, 2.45) is 0 Å². The van der Waals surface area contributed by atoms with Crippen molar-refractivity contribution in [2.45, 2.75) is 40.2 Å². The van der Waals surface area contributed by atoms with Crippen LogP contribution in [-0.4, -0.2) is 28.8 Å². The van der Waals surface area contributed by atoms with Gasteiger partial charge >= 0.3 is 5.97 Å². The van der Waals surface area contributed by atoms with Gasteiger partial charge in [0.2, 0.25) is 0 Å². The summed E-state index contributed by atoms with van der Waals surface area (Å²) < 4.78 is 5.21. The quantitative estimate of drug-likeness (QED) is 0.646. The first-order valence-electron chi connectivity index (χ1n) is 6.17. The largest absolute Gasteiger partial charge is 0.459 e. The molecule has 1 aromatic rings. The Kier molecular flexibility index (Phi) is 4.64. The van der Waals surface area contributed by atoms with Gasteiger partial charge < -0.3 is 15.5 Å². The van der Waals surface area contributed by atoms with Gasteiger partial charge in [-0.2, -0.15) is 0 Å². The normalized spacial score (nSPS) is 11.0. The molecule has 0 saturated carbocycles. The molecule has 1 rings (SSSR count). The summed E-state index contributed by atoms with van der Waals surface area (Å²) in [5.74, 6) is -0.332. The van der Waals surface area contributed by atoms with Gasteiger partial charge in [0.1, 0.15) is 12.1 Å². The van der Waals surface area contributed by atoms with Crippen molar-refractivity contribution in [3.05, 3.63) is 23.5 Å². The van der Waals surface area contributed by atoms with Gasteiger partial charge in [0.25, 0.3) is 0 Å². The molecule has 5 nitrogen and oxygen atoms in total.